The van der Waals surface area contributed by atoms with Crippen molar-refractivity contribution in [1.29, 1.82) is 0 Å². The van der Waals surface area contributed by atoms with E-state index in [0.717, 1.165) is 11.4 Å². The second-order valence-corrected chi connectivity index (χ2v) is 6.05. The molecule has 1 aromatic carbocycles. The topological polar surface area (TPSA) is 24.1 Å². The van der Waals surface area contributed by atoms with Gasteiger partial charge in [-0.3, -0.25) is 0 Å². The third kappa shape index (κ3) is 4.48. The Morgan fingerprint density at radius 2 is 2.32 bits per heavy atom. The molecule has 2 N–H and O–H groups in total. The Balaban J connectivity index is 1.90. The number of nitrogens with one attached hydrogen (secondary N) is 2. The van der Waals surface area contributed by atoms with E-state index in [9.17, 15) is 0 Å². The van der Waals surface area contributed by atoms with Crippen LogP contribution in [0, 0.1) is 0 Å². The molecule has 3 unspecified atom stereocenters. The van der Waals surface area contributed by atoms with Gasteiger partial charge in [0.15, 0.2) is 0 Å². The number of halogens is 1. The highest BCUT2D eigenvalue weighted by Gasteiger charge is 2.19. The Labute approximate surface area is 121 Å². The largest absolute Gasteiger partial charge is 0.314 e. The summed E-state index contributed by atoms with van der Waals surface area (Å²) in [5.74, 6) is 0. The molecule has 0 aliphatic carbocycles. The average molecular weight is 281 g/mol. The Kier molecular flexibility index (Phi) is 5.68. The minimum Gasteiger partial charge on any atom is -0.314 e. The van der Waals surface area contributed by atoms with Crippen LogP contribution in [0.2, 0.25) is 5.02 Å². The Morgan fingerprint density at radius 1 is 1.47 bits per heavy atom. The average Bonchev–Trinajstić information content (AvgIpc) is 2.88. The number of hydrogen-bond acceptors (Lipinski definition) is 2. The van der Waals surface area contributed by atoms with Crippen molar-refractivity contribution in [2.45, 2.75) is 57.7 Å². The first-order valence-electron chi connectivity index (χ1n) is 7.44. The van der Waals surface area contributed by atoms with Crippen molar-refractivity contribution in [1.82, 2.24) is 10.6 Å². The van der Waals surface area contributed by atoms with E-state index < -0.39 is 0 Å². The standard InChI is InChI=1S/C16H25ClN2/c1-3-16(13-6-4-7-14(17)11-13)19-12(2)10-15-8-5-9-18-15/h4,6-7,11-12,15-16,18-19H,3,5,8-10H2,1-2H3. The minimum atomic E-state index is 0.398. The van der Waals surface area contributed by atoms with Crippen molar-refractivity contribution in [3.8, 4) is 0 Å². The van der Waals surface area contributed by atoms with Gasteiger partial charge in [-0.05, 0) is 56.8 Å². The number of hydrogen-bond donors (Lipinski definition) is 2. The first-order chi connectivity index (χ1) is 9.19. The summed E-state index contributed by atoms with van der Waals surface area (Å²) >= 11 is 6.08. The lowest BCUT2D eigenvalue weighted by Crippen LogP contribution is -2.36. The molecule has 1 aliphatic heterocycles. The van der Waals surface area contributed by atoms with Crippen LogP contribution in [0.3, 0.4) is 0 Å². The van der Waals surface area contributed by atoms with E-state index in [4.69, 9.17) is 11.6 Å². The maximum absolute atomic E-state index is 6.08. The van der Waals surface area contributed by atoms with E-state index >= 15 is 0 Å². The van der Waals surface area contributed by atoms with Crippen LogP contribution in [-0.4, -0.2) is 18.6 Å². The number of benzene rings is 1. The highest BCUT2D eigenvalue weighted by Crippen LogP contribution is 2.22. The molecule has 0 radical (unpaired) electrons. The van der Waals surface area contributed by atoms with Gasteiger partial charge in [-0.2, -0.15) is 0 Å². The summed E-state index contributed by atoms with van der Waals surface area (Å²) in [6.07, 6.45) is 4.93. The van der Waals surface area contributed by atoms with E-state index in [0.29, 0.717) is 18.1 Å². The molecule has 0 bridgehead atoms. The van der Waals surface area contributed by atoms with E-state index in [1.807, 2.05) is 12.1 Å². The van der Waals surface area contributed by atoms with Gasteiger partial charge in [0.2, 0.25) is 0 Å². The molecular weight excluding hydrogens is 256 g/mol. The van der Waals surface area contributed by atoms with Crippen LogP contribution in [-0.2, 0) is 0 Å². The summed E-state index contributed by atoms with van der Waals surface area (Å²) in [6, 6.07) is 9.82. The molecule has 106 valence electrons. The highest BCUT2D eigenvalue weighted by atomic mass is 35.5. The first-order valence-corrected chi connectivity index (χ1v) is 7.81. The molecule has 0 saturated carbocycles. The van der Waals surface area contributed by atoms with Crippen LogP contribution in [0.25, 0.3) is 0 Å². The van der Waals surface area contributed by atoms with Crippen molar-refractivity contribution >= 4 is 11.6 Å². The molecule has 3 atom stereocenters. The minimum absolute atomic E-state index is 0.398. The Morgan fingerprint density at radius 3 is 2.95 bits per heavy atom. The van der Waals surface area contributed by atoms with Crippen LogP contribution < -0.4 is 10.6 Å². The summed E-state index contributed by atoms with van der Waals surface area (Å²) in [7, 11) is 0. The van der Waals surface area contributed by atoms with Crippen molar-refractivity contribution in [3.63, 3.8) is 0 Å². The highest BCUT2D eigenvalue weighted by molar-refractivity contribution is 6.30. The van der Waals surface area contributed by atoms with E-state index in [1.165, 1.54) is 31.4 Å². The predicted molar refractivity (Wildman–Crippen MR) is 82.7 cm³/mol. The summed E-state index contributed by atoms with van der Waals surface area (Å²) in [4.78, 5) is 0. The van der Waals surface area contributed by atoms with Gasteiger partial charge in [-0.15, -0.1) is 0 Å². The first kappa shape index (κ1) is 14.8. The predicted octanol–water partition coefficient (Wildman–Crippen LogP) is 3.91. The molecule has 0 amide bonds. The fourth-order valence-electron chi connectivity index (χ4n) is 2.97. The third-order valence-electron chi connectivity index (χ3n) is 3.95. The zero-order chi connectivity index (χ0) is 13.7. The van der Waals surface area contributed by atoms with Gasteiger partial charge < -0.3 is 10.6 Å². The summed E-state index contributed by atoms with van der Waals surface area (Å²) in [6.45, 7) is 5.69. The van der Waals surface area contributed by atoms with Crippen LogP contribution in [0.5, 0.6) is 0 Å². The maximum atomic E-state index is 6.08. The lowest BCUT2D eigenvalue weighted by atomic mass is 10.0. The molecule has 2 nitrogen and oxygen atoms in total. The van der Waals surface area contributed by atoms with Gasteiger partial charge in [-0.1, -0.05) is 30.7 Å². The molecular formula is C16H25ClN2. The van der Waals surface area contributed by atoms with Gasteiger partial charge in [0.1, 0.15) is 0 Å². The van der Waals surface area contributed by atoms with Crippen molar-refractivity contribution < 1.29 is 0 Å². The Hall–Kier alpha value is -0.570. The summed E-state index contributed by atoms with van der Waals surface area (Å²) in [5, 5.41) is 8.13. The summed E-state index contributed by atoms with van der Waals surface area (Å²) in [5.41, 5.74) is 1.29. The zero-order valence-electron chi connectivity index (χ0n) is 12.0. The van der Waals surface area contributed by atoms with Gasteiger partial charge in [0, 0.05) is 23.1 Å². The molecule has 0 spiro atoms. The number of rotatable bonds is 6. The quantitative estimate of drug-likeness (QED) is 0.825. The molecule has 1 aliphatic rings. The lowest BCUT2D eigenvalue weighted by molar-refractivity contribution is 0.389. The second-order valence-electron chi connectivity index (χ2n) is 5.61. The molecule has 1 saturated heterocycles. The monoisotopic (exact) mass is 280 g/mol. The van der Waals surface area contributed by atoms with Crippen LogP contribution in [0.4, 0.5) is 0 Å². The van der Waals surface area contributed by atoms with Crippen LogP contribution >= 0.6 is 11.6 Å². The molecule has 2 rings (SSSR count). The lowest BCUT2D eigenvalue weighted by Gasteiger charge is -2.25. The van der Waals surface area contributed by atoms with Gasteiger partial charge in [0.25, 0.3) is 0 Å². The van der Waals surface area contributed by atoms with Gasteiger partial charge in [0.05, 0.1) is 0 Å². The molecule has 0 aromatic heterocycles. The molecule has 1 heterocycles. The smallest absolute Gasteiger partial charge is 0.0409 e. The third-order valence-corrected chi connectivity index (χ3v) is 4.18. The summed E-state index contributed by atoms with van der Waals surface area (Å²) < 4.78 is 0. The fourth-order valence-corrected chi connectivity index (χ4v) is 3.17. The van der Waals surface area contributed by atoms with E-state index in [1.54, 1.807) is 0 Å². The molecule has 19 heavy (non-hydrogen) atoms. The van der Waals surface area contributed by atoms with Crippen LogP contribution in [0.1, 0.15) is 51.1 Å². The molecule has 1 aromatic rings. The van der Waals surface area contributed by atoms with Gasteiger partial charge in [-0.25, -0.2) is 0 Å². The Bertz CT molecular complexity index is 388. The fraction of sp³-hybridized carbons (Fsp3) is 0.625. The maximum Gasteiger partial charge on any atom is 0.0409 e. The van der Waals surface area contributed by atoms with Crippen molar-refractivity contribution in [2.75, 3.05) is 6.54 Å². The van der Waals surface area contributed by atoms with Crippen molar-refractivity contribution in [3.05, 3.63) is 34.9 Å². The van der Waals surface area contributed by atoms with E-state index in [-0.39, 0.29) is 0 Å². The second kappa shape index (κ2) is 7.28. The van der Waals surface area contributed by atoms with Gasteiger partial charge >= 0.3 is 0 Å². The molecule has 3 heteroatoms. The zero-order valence-corrected chi connectivity index (χ0v) is 12.7. The van der Waals surface area contributed by atoms with Crippen molar-refractivity contribution in [2.24, 2.45) is 0 Å². The molecule has 1 fully saturated rings. The van der Waals surface area contributed by atoms with E-state index in [2.05, 4.69) is 36.6 Å². The normalized spacial score (nSPS) is 22.4. The van der Waals surface area contributed by atoms with Crippen LogP contribution in [0.15, 0.2) is 24.3 Å². The SMILES string of the molecule is CCC(NC(C)CC1CCCN1)c1cccc(Cl)c1.